The molecule has 1 amide bonds. The molecule has 8 heteroatoms. The van der Waals surface area contributed by atoms with Crippen LogP contribution in [0.15, 0.2) is 77.7 Å². The van der Waals surface area contributed by atoms with Crippen molar-refractivity contribution in [3.8, 4) is 11.1 Å². The van der Waals surface area contributed by atoms with E-state index in [-0.39, 0.29) is 23.2 Å². The highest BCUT2D eigenvalue weighted by molar-refractivity contribution is 7.90. The lowest BCUT2D eigenvalue weighted by Crippen LogP contribution is -2.30. The van der Waals surface area contributed by atoms with Gasteiger partial charge in [0.2, 0.25) is 5.91 Å². The lowest BCUT2D eigenvalue weighted by Gasteiger charge is -2.19. The molecular formula is C23H24N4O3S. The lowest BCUT2D eigenvalue weighted by atomic mass is 10.1. The molecule has 160 valence electrons. The molecule has 0 atom stereocenters. The number of carbonyl (C=O) groups excluding carboxylic acids is 1. The summed E-state index contributed by atoms with van der Waals surface area (Å²) in [7, 11) is -1.57. The third-order valence-electron chi connectivity index (χ3n) is 4.74. The third-order valence-corrected chi connectivity index (χ3v) is 5.90. The second kappa shape index (κ2) is 9.01. The van der Waals surface area contributed by atoms with Crippen LogP contribution in [0.5, 0.6) is 0 Å². The first-order valence-electron chi connectivity index (χ1n) is 9.50. The van der Waals surface area contributed by atoms with Crippen molar-refractivity contribution in [3.05, 3.63) is 78.4 Å². The summed E-state index contributed by atoms with van der Waals surface area (Å²) in [5.41, 5.74) is 8.87. The van der Waals surface area contributed by atoms with Gasteiger partial charge >= 0.3 is 0 Å². The number of amidine groups is 1. The summed E-state index contributed by atoms with van der Waals surface area (Å²) < 4.78 is 24.1. The van der Waals surface area contributed by atoms with Gasteiger partial charge in [-0.1, -0.05) is 42.5 Å². The second-order valence-corrected chi connectivity index (χ2v) is 9.20. The van der Waals surface area contributed by atoms with Crippen LogP contribution in [-0.2, 0) is 14.6 Å². The summed E-state index contributed by atoms with van der Waals surface area (Å²) in [5, 5.41) is 10.4. The highest BCUT2D eigenvalue weighted by Crippen LogP contribution is 2.28. The van der Waals surface area contributed by atoms with E-state index in [9.17, 15) is 13.2 Å². The Hall–Kier alpha value is -3.65. The smallest absolute Gasteiger partial charge is 0.243 e. The zero-order chi connectivity index (χ0) is 22.6. The molecule has 3 aromatic rings. The molecule has 0 spiro atoms. The Labute approximate surface area is 181 Å². The fourth-order valence-corrected chi connectivity index (χ4v) is 4.09. The number of anilines is 2. The van der Waals surface area contributed by atoms with Crippen molar-refractivity contribution in [1.29, 1.82) is 5.41 Å². The maximum absolute atomic E-state index is 12.5. The van der Waals surface area contributed by atoms with E-state index in [0.717, 1.165) is 11.3 Å². The second-order valence-electron chi connectivity index (χ2n) is 7.21. The van der Waals surface area contributed by atoms with Crippen LogP contribution in [0, 0.1) is 5.41 Å². The van der Waals surface area contributed by atoms with E-state index < -0.39 is 9.84 Å². The van der Waals surface area contributed by atoms with Crippen LogP contribution in [0.25, 0.3) is 11.1 Å². The molecule has 7 nitrogen and oxygen atoms in total. The van der Waals surface area contributed by atoms with Crippen molar-refractivity contribution in [2.45, 2.75) is 4.90 Å². The minimum absolute atomic E-state index is 0.0303. The SMILES string of the molecule is CN(CC(=O)Nc1ccc(-c2ccccc2S(C)(=O)=O)cc1)c1cccc(C(=N)N)c1. The summed E-state index contributed by atoms with van der Waals surface area (Å²) in [6.45, 7) is 0.111. The molecule has 0 aromatic heterocycles. The molecule has 4 N–H and O–H groups in total. The normalized spacial score (nSPS) is 11.0. The first-order chi connectivity index (χ1) is 14.6. The quantitative estimate of drug-likeness (QED) is 0.389. The number of hydrogen-bond acceptors (Lipinski definition) is 5. The number of nitrogens with zero attached hydrogens (tertiary/aromatic N) is 1. The number of sulfone groups is 1. The minimum Gasteiger partial charge on any atom is -0.384 e. The van der Waals surface area contributed by atoms with E-state index in [4.69, 9.17) is 11.1 Å². The van der Waals surface area contributed by atoms with Crippen molar-refractivity contribution in [2.75, 3.05) is 30.1 Å². The number of hydrogen-bond donors (Lipinski definition) is 3. The molecule has 0 aliphatic rings. The Kier molecular flexibility index (Phi) is 6.41. The van der Waals surface area contributed by atoms with Gasteiger partial charge in [-0.05, 0) is 35.9 Å². The fraction of sp³-hybridized carbons (Fsp3) is 0.130. The summed E-state index contributed by atoms with van der Waals surface area (Å²) in [6.07, 6.45) is 1.18. The molecule has 3 rings (SSSR count). The molecule has 0 bridgehead atoms. The summed E-state index contributed by atoms with van der Waals surface area (Å²) in [6, 6.07) is 21.0. The topological polar surface area (TPSA) is 116 Å². The van der Waals surface area contributed by atoms with Crippen molar-refractivity contribution in [3.63, 3.8) is 0 Å². The van der Waals surface area contributed by atoms with Gasteiger partial charge in [0.25, 0.3) is 0 Å². The number of nitrogens with two attached hydrogens (primary N) is 1. The van der Waals surface area contributed by atoms with Crippen molar-refractivity contribution < 1.29 is 13.2 Å². The molecule has 0 aliphatic carbocycles. The van der Waals surface area contributed by atoms with Gasteiger partial charge in [0.05, 0.1) is 11.4 Å². The number of likely N-dealkylation sites (N-methyl/N-ethyl adjacent to an activating group) is 1. The highest BCUT2D eigenvalue weighted by Gasteiger charge is 2.14. The van der Waals surface area contributed by atoms with E-state index in [0.29, 0.717) is 16.8 Å². The van der Waals surface area contributed by atoms with Gasteiger partial charge in [0.1, 0.15) is 5.84 Å². The molecular weight excluding hydrogens is 412 g/mol. The van der Waals surface area contributed by atoms with Gasteiger partial charge < -0.3 is 16.0 Å². The van der Waals surface area contributed by atoms with E-state index in [1.165, 1.54) is 6.26 Å². The molecule has 3 aromatic carbocycles. The molecule has 0 unspecified atom stereocenters. The Morgan fingerprint density at radius 1 is 1.03 bits per heavy atom. The van der Waals surface area contributed by atoms with E-state index in [1.54, 1.807) is 78.7 Å². The molecule has 0 aliphatic heterocycles. The highest BCUT2D eigenvalue weighted by atomic mass is 32.2. The number of nitrogens with one attached hydrogen (secondary N) is 2. The van der Waals surface area contributed by atoms with Gasteiger partial charge in [-0.15, -0.1) is 0 Å². The maximum Gasteiger partial charge on any atom is 0.243 e. The van der Waals surface area contributed by atoms with Crippen molar-refractivity contribution >= 4 is 33.0 Å². The number of nitrogen functional groups attached to an aromatic ring is 1. The number of benzene rings is 3. The van der Waals surface area contributed by atoms with Gasteiger partial charge in [-0.3, -0.25) is 10.2 Å². The van der Waals surface area contributed by atoms with Gasteiger partial charge in [-0.2, -0.15) is 0 Å². The van der Waals surface area contributed by atoms with Crippen LogP contribution in [0.1, 0.15) is 5.56 Å². The summed E-state index contributed by atoms with van der Waals surface area (Å²) in [5.74, 6) is -0.239. The zero-order valence-electron chi connectivity index (χ0n) is 17.3. The lowest BCUT2D eigenvalue weighted by molar-refractivity contribution is -0.114. The molecule has 0 fully saturated rings. The molecule has 31 heavy (non-hydrogen) atoms. The average Bonchev–Trinajstić information content (AvgIpc) is 2.73. The minimum atomic E-state index is -3.36. The third kappa shape index (κ3) is 5.49. The Bertz CT molecular complexity index is 1220. The number of carbonyl (C=O) groups is 1. The summed E-state index contributed by atoms with van der Waals surface area (Å²) in [4.78, 5) is 14.5. The Morgan fingerprint density at radius 2 is 1.71 bits per heavy atom. The molecule has 0 saturated carbocycles. The molecule has 0 heterocycles. The zero-order valence-corrected chi connectivity index (χ0v) is 18.1. The summed E-state index contributed by atoms with van der Waals surface area (Å²) >= 11 is 0. The Balaban J connectivity index is 1.70. The van der Waals surface area contributed by atoms with Gasteiger partial charge in [-0.25, -0.2) is 8.42 Å². The van der Waals surface area contributed by atoms with Crippen LogP contribution in [0.2, 0.25) is 0 Å². The Morgan fingerprint density at radius 3 is 2.35 bits per heavy atom. The molecule has 0 saturated heterocycles. The fourth-order valence-electron chi connectivity index (χ4n) is 3.18. The van der Waals surface area contributed by atoms with Crippen LogP contribution >= 0.6 is 0 Å². The van der Waals surface area contributed by atoms with E-state index in [2.05, 4.69) is 5.32 Å². The van der Waals surface area contributed by atoms with E-state index in [1.807, 2.05) is 6.07 Å². The first-order valence-corrected chi connectivity index (χ1v) is 11.4. The largest absolute Gasteiger partial charge is 0.384 e. The standard InChI is InChI=1S/C23H24N4O3S/c1-27(19-7-5-6-17(14-19)23(24)25)15-22(28)26-18-12-10-16(11-13-18)20-8-3-4-9-21(20)31(2,29)30/h3-14H,15H2,1-2H3,(H3,24,25)(H,26,28). The maximum atomic E-state index is 12.5. The van der Waals surface area contributed by atoms with Crippen molar-refractivity contribution in [2.24, 2.45) is 5.73 Å². The predicted octanol–water partition coefficient (Wildman–Crippen LogP) is 3.12. The first kappa shape index (κ1) is 22.0. The van der Waals surface area contributed by atoms with Gasteiger partial charge in [0, 0.05) is 35.8 Å². The number of rotatable bonds is 7. The number of amides is 1. The van der Waals surface area contributed by atoms with Crippen LogP contribution in [-0.4, -0.2) is 40.0 Å². The van der Waals surface area contributed by atoms with Crippen LogP contribution < -0.4 is 16.0 Å². The monoisotopic (exact) mass is 436 g/mol. The predicted molar refractivity (Wildman–Crippen MR) is 124 cm³/mol. The van der Waals surface area contributed by atoms with Crippen LogP contribution in [0.3, 0.4) is 0 Å². The van der Waals surface area contributed by atoms with E-state index >= 15 is 0 Å². The molecule has 0 radical (unpaired) electrons. The van der Waals surface area contributed by atoms with Crippen LogP contribution in [0.4, 0.5) is 11.4 Å². The van der Waals surface area contributed by atoms with Crippen molar-refractivity contribution in [1.82, 2.24) is 0 Å². The average molecular weight is 437 g/mol. The van der Waals surface area contributed by atoms with Gasteiger partial charge in [0.15, 0.2) is 9.84 Å².